The molecule has 0 fully saturated rings. The van der Waals surface area contributed by atoms with Crippen LogP contribution in [0.15, 0.2) is 24.3 Å². The van der Waals surface area contributed by atoms with Gasteiger partial charge in [-0.25, -0.2) is 19.2 Å². The second-order valence-corrected chi connectivity index (χ2v) is 7.72. The van der Waals surface area contributed by atoms with Gasteiger partial charge in [-0.15, -0.1) is 0 Å². The van der Waals surface area contributed by atoms with Crippen LogP contribution >= 0.6 is 11.5 Å². The van der Waals surface area contributed by atoms with Crippen LogP contribution in [0.25, 0.3) is 10.8 Å². The van der Waals surface area contributed by atoms with Gasteiger partial charge in [0.05, 0.1) is 11.7 Å². The summed E-state index contributed by atoms with van der Waals surface area (Å²) in [5, 5.41) is 10.1. The first kappa shape index (κ1) is 20.0. The van der Waals surface area contributed by atoms with Crippen molar-refractivity contribution in [1.82, 2.24) is 23.8 Å². The smallest absolute Gasteiger partial charge is 0.412 e. The molecular formula is C19H19FN6O3S. The third-order valence-electron chi connectivity index (χ3n) is 5.09. The highest BCUT2D eigenvalue weighted by molar-refractivity contribution is 7.09. The maximum atomic E-state index is 13.2. The monoisotopic (exact) mass is 430 g/mol. The number of amides is 2. The summed E-state index contributed by atoms with van der Waals surface area (Å²) in [5.74, 6) is 0.706. The Hall–Kier alpha value is -3.34. The predicted octanol–water partition coefficient (Wildman–Crippen LogP) is 3.18. The number of halogens is 1. The number of aromatic nitrogens is 4. The molecule has 1 atom stereocenters. The van der Waals surface area contributed by atoms with Gasteiger partial charge in [-0.3, -0.25) is 9.69 Å². The number of imidazole rings is 1. The van der Waals surface area contributed by atoms with Crippen molar-refractivity contribution >= 4 is 29.4 Å². The largest absolute Gasteiger partial charge is 0.465 e. The highest BCUT2D eigenvalue weighted by Gasteiger charge is 2.36. The summed E-state index contributed by atoms with van der Waals surface area (Å²) < 4.78 is 19.3. The van der Waals surface area contributed by atoms with Crippen molar-refractivity contribution in [2.75, 3.05) is 18.5 Å². The zero-order chi connectivity index (χ0) is 21.6. The Kier molecular flexibility index (Phi) is 4.98. The van der Waals surface area contributed by atoms with E-state index in [4.69, 9.17) is 0 Å². The molecule has 0 bridgehead atoms. The molecule has 156 valence electrons. The van der Waals surface area contributed by atoms with Crippen LogP contribution in [-0.4, -0.2) is 54.5 Å². The van der Waals surface area contributed by atoms with Crippen molar-refractivity contribution in [3.63, 3.8) is 0 Å². The van der Waals surface area contributed by atoms with Crippen LogP contribution in [0.4, 0.5) is 15.0 Å². The Labute approximate surface area is 175 Å². The predicted molar refractivity (Wildman–Crippen MR) is 108 cm³/mol. The minimum atomic E-state index is -1.16. The van der Waals surface area contributed by atoms with E-state index in [1.54, 1.807) is 11.8 Å². The molecule has 3 heterocycles. The fourth-order valence-corrected chi connectivity index (χ4v) is 4.23. The van der Waals surface area contributed by atoms with Crippen molar-refractivity contribution in [2.24, 2.45) is 0 Å². The van der Waals surface area contributed by atoms with Crippen molar-refractivity contribution in [3.05, 3.63) is 47.2 Å². The second-order valence-electron chi connectivity index (χ2n) is 6.97. The first-order valence-corrected chi connectivity index (χ1v) is 9.99. The van der Waals surface area contributed by atoms with Gasteiger partial charge in [0, 0.05) is 25.7 Å². The molecular weight excluding hydrogens is 411 g/mol. The lowest BCUT2D eigenvalue weighted by atomic mass is 10.1. The number of aryl methyl sites for hydroxylation is 1. The molecule has 0 unspecified atom stereocenters. The standard InChI is InChI=1S/C19H19FN6O3S/c1-10-14-15(24(3)19(28)29)22-16(17-21-11(2)23-30-17)26(14)9-8-25(10)18(27)12-4-6-13(20)7-5-12/h4-7,10H,8-9H2,1-3H3,(H,28,29)/t10-/m1/s1. The number of carboxylic acid groups (broad SMARTS) is 1. The van der Waals surface area contributed by atoms with E-state index in [1.807, 2.05) is 11.5 Å². The van der Waals surface area contributed by atoms with Gasteiger partial charge in [0.25, 0.3) is 5.91 Å². The Bertz CT molecular complexity index is 1130. The molecule has 0 saturated heterocycles. The molecule has 30 heavy (non-hydrogen) atoms. The molecule has 3 aromatic rings. The Morgan fingerprint density at radius 1 is 1.23 bits per heavy atom. The Balaban J connectivity index is 1.78. The quantitative estimate of drug-likeness (QED) is 0.684. The van der Waals surface area contributed by atoms with Crippen LogP contribution in [-0.2, 0) is 6.54 Å². The number of hydrogen-bond donors (Lipinski definition) is 1. The van der Waals surface area contributed by atoms with Gasteiger partial charge in [0.15, 0.2) is 16.6 Å². The van der Waals surface area contributed by atoms with E-state index in [0.717, 1.165) is 4.90 Å². The lowest BCUT2D eigenvalue weighted by Gasteiger charge is -2.35. The number of hydrogen-bond acceptors (Lipinski definition) is 6. The molecule has 9 nitrogen and oxygen atoms in total. The van der Waals surface area contributed by atoms with E-state index >= 15 is 0 Å². The molecule has 1 N–H and O–H groups in total. The zero-order valence-electron chi connectivity index (χ0n) is 16.5. The normalized spacial score (nSPS) is 15.7. The Morgan fingerprint density at radius 2 is 1.93 bits per heavy atom. The molecule has 11 heteroatoms. The molecule has 1 aliphatic rings. The number of anilines is 1. The molecule has 0 radical (unpaired) electrons. The molecule has 2 amide bonds. The highest BCUT2D eigenvalue weighted by Crippen LogP contribution is 2.38. The Morgan fingerprint density at radius 3 is 2.53 bits per heavy atom. The first-order chi connectivity index (χ1) is 14.3. The number of fused-ring (bicyclic) bond motifs is 1. The van der Waals surface area contributed by atoms with Crippen molar-refractivity contribution in [1.29, 1.82) is 0 Å². The van der Waals surface area contributed by atoms with Crippen LogP contribution in [0.5, 0.6) is 0 Å². The number of carbonyl (C=O) groups is 2. The molecule has 4 rings (SSSR count). The lowest BCUT2D eigenvalue weighted by Crippen LogP contribution is -2.42. The van der Waals surface area contributed by atoms with Crippen LogP contribution < -0.4 is 4.90 Å². The number of benzene rings is 1. The van der Waals surface area contributed by atoms with Crippen molar-refractivity contribution in [2.45, 2.75) is 26.4 Å². The van der Waals surface area contributed by atoms with Crippen LogP contribution in [0.3, 0.4) is 0 Å². The summed E-state index contributed by atoms with van der Waals surface area (Å²) in [7, 11) is 1.41. The van der Waals surface area contributed by atoms with E-state index < -0.39 is 18.0 Å². The lowest BCUT2D eigenvalue weighted by molar-refractivity contribution is 0.0645. The summed E-state index contributed by atoms with van der Waals surface area (Å²) in [6, 6.07) is 4.91. The average Bonchev–Trinajstić information content (AvgIpc) is 3.31. The van der Waals surface area contributed by atoms with E-state index in [0.29, 0.717) is 41.0 Å². The summed E-state index contributed by atoms with van der Waals surface area (Å²) in [4.78, 5) is 36.3. The SMILES string of the molecule is Cc1nsc(-c2nc(N(C)C(=O)O)c3n2CCN(C(=O)c2ccc(F)cc2)[C@@H]3C)n1. The topological polar surface area (TPSA) is 104 Å². The number of rotatable bonds is 3. The van der Waals surface area contributed by atoms with Gasteiger partial charge >= 0.3 is 6.09 Å². The molecule has 1 aromatic carbocycles. The summed E-state index contributed by atoms with van der Waals surface area (Å²) in [5.41, 5.74) is 0.966. The van der Waals surface area contributed by atoms with Gasteiger partial charge in [-0.1, -0.05) is 0 Å². The molecule has 2 aromatic heterocycles. The van der Waals surface area contributed by atoms with E-state index in [9.17, 15) is 19.1 Å². The second kappa shape index (κ2) is 7.48. The number of carbonyl (C=O) groups excluding carboxylic acids is 1. The van der Waals surface area contributed by atoms with Crippen molar-refractivity contribution in [3.8, 4) is 10.8 Å². The van der Waals surface area contributed by atoms with E-state index in [-0.39, 0.29) is 11.7 Å². The average molecular weight is 430 g/mol. The molecule has 1 aliphatic heterocycles. The minimum absolute atomic E-state index is 0.245. The van der Waals surface area contributed by atoms with Gasteiger partial charge < -0.3 is 14.6 Å². The summed E-state index contributed by atoms with van der Waals surface area (Å²) in [6.07, 6.45) is -1.16. The fraction of sp³-hybridized carbons (Fsp3) is 0.316. The third kappa shape index (κ3) is 3.30. The van der Waals surface area contributed by atoms with Crippen LogP contribution in [0, 0.1) is 12.7 Å². The van der Waals surface area contributed by atoms with Crippen molar-refractivity contribution < 1.29 is 19.1 Å². The molecule has 0 saturated carbocycles. The van der Waals surface area contributed by atoms with Gasteiger partial charge in [-0.2, -0.15) is 4.37 Å². The highest BCUT2D eigenvalue weighted by atomic mass is 32.1. The number of nitrogens with zero attached hydrogens (tertiary/aromatic N) is 6. The maximum Gasteiger partial charge on any atom is 0.412 e. The zero-order valence-corrected chi connectivity index (χ0v) is 17.4. The fourth-order valence-electron chi connectivity index (χ4n) is 3.56. The summed E-state index contributed by atoms with van der Waals surface area (Å²) >= 11 is 1.19. The van der Waals surface area contributed by atoms with Crippen LogP contribution in [0.1, 0.15) is 34.8 Å². The van der Waals surface area contributed by atoms with Gasteiger partial charge in [-0.05, 0) is 49.6 Å². The molecule has 0 aliphatic carbocycles. The van der Waals surface area contributed by atoms with Crippen LogP contribution in [0.2, 0.25) is 0 Å². The summed E-state index contributed by atoms with van der Waals surface area (Å²) in [6.45, 7) is 4.40. The molecule has 0 spiro atoms. The maximum absolute atomic E-state index is 13.2. The van der Waals surface area contributed by atoms with E-state index in [2.05, 4.69) is 14.3 Å². The third-order valence-corrected chi connectivity index (χ3v) is 5.89. The van der Waals surface area contributed by atoms with E-state index in [1.165, 1.54) is 42.8 Å². The van der Waals surface area contributed by atoms with Gasteiger partial charge in [0.2, 0.25) is 0 Å². The first-order valence-electron chi connectivity index (χ1n) is 9.22. The minimum Gasteiger partial charge on any atom is -0.465 e. The van der Waals surface area contributed by atoms with Gasteiger partial charge in [0.1, 0.15) is 11.6 Å².